The number of nitrogens with zero attached hydrogens (tertiary/aromatic N) is 1. The first-order valence-electron chi connectivity index (χ1n) is 3.58. The lowest BCUT2D eigenvalue weighted by Gasteiger charge is -2.04. The molecule has 0 spiro atoms. The van der Waals surface area contributed by atoms with Gasteiger partial charge in [-0.15, -0.1) is 0 Å². The highest BCUT2D eigenvalue weighted by Gasteiger charge is 2.10. The maximum absolute atomic E-state index is 10.1. The van der Waals surface area contributed by atoms with Crippen LogP contribution in [0.3, 0.4) is 0 Å². The molecular weight excluding hydrogens is 160 g/mol. The van der Waals surface area contributed by atoms with Crippen LogP contribution in [0.5, 0.6) is 0 Å². The third kappa shape index (κ3) is 2.35. The second kappa shape index (κ2) is 3.87. The maximum Gasteiger partial charge on any atom is 0.303 e. The minimum Gasteiger partial charge on any atom is -0.481 e. The van der Waals surface area contributed by atoms with Crippen LogP contribution in [-0.2, 0) is 4.79 Å². The van der Waals surface area contributed by atoms with Crippen molar-refractivity contribution < 1.29 is 15.0 Å². The van der Waals surface area contributed by atoms with Gasteiger partial charge in [-0.05, 0) is 6.42 Å². The summed E-state index contributed by atoms with van der Waals surface area (Å²) in [6, 6.07) is 0. The van der Waals surface area contributed by atoms with Gasteiger partial charge >= 0.3 is 5.97 Å². The van der Waals surface area contributed by atoms with Crippen LogP contribution in [0, 0.1) is 0 Å². The van der Waals surface area contributed by atoms with Gasteiger partial charge in [0.25, 0.3) is 0 Å². The van der Waals surface area contributed by atoms with Gasteiger partial charge in [0.15, 0.2) is 0 Å². The Labute approximate surface area is 69.1 Å². The van der Waals surface area contributed by atoms with Gasteiger partial charge in [0.05, 0.1) is 24.3 Å². The van der Waals surface area contributed by atoms with Crippen LogP contribution in [-0.4, -0.2) is 26.2 Å². The summed E-state index contributed by atoms with van der Waals surface area (Å²) in [6.07, 6.45) is 2.33. The van der Waals surface area contributed by atoms with E-state index in [-0.39, 0.29) is 12.8 Å². The fourth-order valence-electron chi connectivity index (χ4n) is 0.865. The summed E-state index contributed by atoms with van der Waals surface area (Å²) in [5.74, 6) is -0.909. The van der Waals surface area contributed by atoms with Gasteiger partial charge in [-0.3, -0.25) is 4.79 Å². The number of imidazole rings is 1. The number of aromatic nitrogens is 2. The molecule has 1 unspecified atom stereocenters. The molecule has 0 saturated heterocycles. The van der Waals surface area contributed by atoms with Crippen molar-refractivity contribution in [1.82, 2.24) is 9.97 Å². The summed E-state index contributed by atoms with van der Waals surface area (Å²) >= 11 is 0. The van der Waals surface area contributed by atoms with Gasteiger partial charge < -0.3 is 15.2 Å². The average Bonchev–Trinajstić information content (AvgIpc) is 2.51. The van der Waals surface area contributed by atoms with E-state index in [2.05, 4.69) is 9.97 Å². The second-order valence-corrected chi connectivity index (χ2v) is 2.46. The molecule has 1 rings (SSSR count). The van der Waals surface area contributed by atoms with Crippen LogP contribution >= 0.6 is 0 Å². The lowest BCUT2D eigenvalue weighted by molar-refractivity contribution is -0.137. The number of aliphatic hydroxyl groups is 1. The highest BCUT2D eigenvalue weighted by molar-refractivity contribution is 5.66. The van der Waals surface area contributed by atoms with E-state index >= 15 is 0 Å². The molecule has 0 radical (unpaired) electrons. The van der Waals surface area contributed by atoms with Gasteiger partial charge in [0.1, 0.15) is 0 Å². The van der Waals surface area contributed by atoms with Gasteiger partial charge in [-0.2, -0.15) is 0 Å². The summed E-state index contributed by atoms with van der Waals surface area (Å²) < 4.78 is 0. The topological polar surface area (TPSA) is 86.2 Å². The Balaban J connectivity index is 2.39. The van der Waals surface area contributed by atoms with Crippen molar-refractivity contribution in [3.05, 3.63) is 18.2 Å². The van der Waals surface area contributed by atoms with Crippen molar-refractivity contribution in [2.24, 2.45) is 0 Å². The third-order valence-electron chi connectivity index (χ3n) is 1.51. The Bertz CT molecular complexity index is 245. The molecule has 0 saturated carbocycles. The summed E-state index contributed by atoms with van der Waals surface area (Å²) in [7, 11) is 0. The molecule has 1 aromatic heterocycles. The minimum absolute atomic E-state index is 0.0415. The highest BCUT2D eigenvalue weighted by atomic mass is 16.4. The van der Waals surface area contributed by atoms with Gasteiger partial charge in [-0.1, -0.05) is 0 Å². The van der Waals surface area contributed by atoms with Crippen LogP contribution in [0.25, 0.3) is 0 Å². The Morgan fingerprint density at radius 1 is 1.75 bits per heavy atom. The molecule has 1 aromatic rings. The zero-order chi connectivity index (χ0) is 8.97. The molecule has 66 valence electrons. The molecule has 0 aliphatic carbocycles. The number of nitrogens with one attached hydrogen (secondary N) is 1. The lowest BCUT2D eigenvalue weighted by atomic mass is 10.1. The number of rotatable bonds is 4. The normalized spacial score (nSPS) is 12.8. The van der Waals surface area contributed by atoms with Gasteiger partial charge in [0, 0.05) is 6.42 Å². The van der Waals surface area contributed by atoms with Crippen molar-refractivity contribution in [2.75, 3.05) is 0 Å². The Morgan fingerprint density at radius 3 is 3.00 bits per heavy atom. The van der Waals surface area contributed by atoms with E-state index in [0.29, 0.717) is 5.69 Å². The zero-order valence-corrected chi connectivity index (χ0v) is 6.40. The number of aliphatic carboxylic acids is 1. The molecule has 0 aromatic carbocycles. The number of aliphatic hydroxyl groups excluding tert-OH is 1. The molecule has 1 atom stereocenters. The molecule has 0 bridgehead atoms. The first kappa shape index (κ1) is 8.73. The van der Waals surface area contributed by atoms with Crippen LogP contribution in [0.1, 0.15) is 24.6 Å². The molecule has 1 heterocycles. The number of H-pyrrole nitrogens is 1. The molecule has 0 aliphatic heterocycles. The fourth-order valence-corrected chi connectivity index (χ4v) is 0.865. The SMILES string of the molecule is O=C(O)CCC(O)c1cnc[nH]1. The highest BCUT2D eigenvalue weighted by Crippen LogP contribution is 2.14. The molecule has 0 fully saturated rings. The smallest absolute Gasteiger partial charge is 0.303 e. The number of hydrogen-bond donors (Lipinski definition) is 3. The molecule has 0 aliphatic rings. The molecule has 0 amide bonds. The van der Waals surface area contributed by atoms with E-state index in [0.717, 1.165) is 0 Å². The Morgan fingerprint density at radius 2 is 2.50 bits per heavy atom. The summed E-state index contributed by atoms with van der Waals surface area (Å²) in [5, 5.41) is 17.6. The lowest BCUT2D eigenvalue weighted by Crippen LogP contribution is -2.02. The van der Waals surface area contributed by atoms with Crippen LogP contribution < -0.4 is 0 Å². The van der Waals surface area contributed by atoms with Crippen LogP contribution in [0.4, 0.5) is 0 Å². The quantitative estimate of drug-likeness (QED) is 0.606. The summed E-state index contributed by atoms with van der Waals surface area (Å²) in [6.45, 7) is 0. The van der Waals surface area contributed by atoms with Crippen LogP contribution in [0.2, 0.25) is 0 Å². The van der Waals surface area contributed by atoms with E-state index in [9.17, 15) is 9.90 Å². The summed E-state index contributed by atoms with van der Waals surface area (Å²) in [4.78, 5) is 16.6. The average molecular weight is 170 g/mol. The number of hydrogen-bond acceptors (Lipinski definition) is 3. The first-order valence-corrected chi connectivity index (χ1v) is 3.58. The molecule has 5 heteroatoms. The fraction of sp³-hybridized carbons (Fsp3) is 0.429. The van der Waals surface area contributed by atoms with E-state index in [4.69, 9.17) is 5.11 Å². The molecule has 12 heavy (non-hydrogen) atoms. The monoisotopic (exact) mass is 170 g/mol. The maximum atomic E-state index is 10.1. The number of carbonyl (C=O) groups is 1. The van der Waals surface area contributed by atoms with Crippen molar-refractivity contribution in [1.29, 1.82) is 0 Å². The van der Waals surface area contributed by atoms with E-state index < -0.39 is 12.1 Å². The third-order valence-corrected chi connectivity index (χ3v) is 1.51. The Kier molecular flexibility index (Phi) is 2.82. The minimum atomic E-state index is -0.909. The van der Waals surface area contributed by atoms with Crippen molar-refractivity contribution in [3.8, 4) is 0 Å². The second-order valence-electron chi connectivity index (χ2n) is 2.46. The molecular formula is C7H10N2O3. The molecule has 5 nitrogen and oxygen atoms in total. The zero-order valence-electron chi connectivity index (χ0n) is 6.40. The Hall–Kier alpha value is -1.36. The van der Waals surface area contributed by atoms with Crippen molar-refractivity contribution in [2.45, 2.75) is 18.9 Å². The largest absolute Gasteiger partial charge is 0.481 e. The number of carboxylic acids is 1. The van der Waals surface area contributed by atoms with Gasteiger partial charge in [-0.25, -0.2) is 4.98 Å². The van der Waals surface area contributed by atoms with Crippen molar-refractivity contribution >= 4 is 5.97 Å². The van der Waals surface area contributed by atoms with Gasteiger partial charge in [0.2, 0.25) is 0 Å². The molecule has 3 N–H and O–H groups in total. The summed E-state index contributed by atoms with van der Waals surface area (Å²) in [5.41, 5.74) is 0.552. The van der Waals surface area contributed by atoms with E-state index in [1.165, 1.54) is 12.5 Å². The number of carboxylic acid groups (broad SMARTS) is 1. The van der Waals surface area contributed by atoms with Crippen molar-refractivity contribution in [3.63, 3.8) is 0 Å². The standard InChI is InChI=1S/C7H10N2O3/c10-6(1-2-7(11)12)5-3-8-4-9-5/h3-4,6,10H,1-2H2,(H,8,9)(H,11,12). The number of aromatic amines is 1. The van der Waals surface area contributed by atoms with E-state index in [1.54, 1.807) is 0 Å². The van der Waals surface area contributed by atoms with Crippen LogP contribution in [0.15, 0.2) is 12.5 Å². The predicted octanol–water partition coefficient (Wildman–Crippen LogP) is 0.308. The first-order chi connectivity index (χ1) is 5.70. The van der Waals surface area contributed by atoms with E-state index in [1.807, 2.05) is 0 Å². The predicted molar refractivity (Wildman–Crippen MR) is 40.4 cm³/mol.